The second-order valence-corrected chi connectivity index (χ2v) is 5.98. The van der Waals surface area contributed by atoms with E-state index in [4.69, 9.17) is 0 Å². The molecule has 2 bridgehead atoms. The second kappa shape index (κ2) is 4.11. The highest BCUT2D eigenvalue weighted by Crippen LogP contribution is 2.50. The number of aryl methyl sites for hydroxylation is 1. The van der Waals surface area contributed by atoms with Crippen LogP contribution in [0.15, 0.2) is 6.20 Å². The van der Waals surface area contributed by atoms with Gasteiger partial charge in [0.05, 0.1) is 17.6 Å². The van der Waals surface area contributed by atoms with E-state index in [-0.39, 0.29) is 11.3 Å². The van der Waals surface area contributed by atoms with Gasteiger partial charge in [-0.1, -0.05) is 0 Å². The molecule has 0 aliphatic heterocycles. The predicted octanol–water partition coefficient (Wildman–Crippen LogP) is 2.64. The van der Waals surface area contributed by atoms with Gasteiger partial charge in [0, 0.05) is 12.5 Å². The zero-order chi connectivity index (χ0) is 12.8. The summed E-state index contributed by atoms with van der Waals surface area (Å²) in [6.07, 6.45) is 8.67. The summed E-state index contributed by atoms with van der Waals surface area (Å²) in [6, 6.07) is 0. The van der Waals surface area contributed by atoms with E-state index < -0.39 is 0 Å². The molecular weight excluding hydrogens is 226 g/mol. The number of nitrogens with zero attached hydrogens (tertiary/aromatic N) is 2. The SMILES string of the molecule is Cc1c(NC(=O)C23CCC(CC2)CC3)cnn1C. The van der Waals surface area contributed by atoms with Gasteiger partial charge in [-0.25, -0.2) is 0 Å². The Morgan fingerprint density at radius 3 is 2.50 bits per heavy atom. The molecule has 0 saturated heterocycles. The molecule has 4 heteroatoms. The number of hydrogen-bond donors (Lipinski definition) is 1. The number of anilines is 1. The lowest BCUT2D eigenvalue weighted by atomic mass is 9.60. The van der Waals surface area contributed by atoms with E-state index in [2.05, 4.69) is 10.4 Å². The molecule has 3 aliphatic carbocycles. The van der Waals surface area contributed by atoms with Crippen molar-refractivity contribution in [1.29, 1.82) is 0 Å². The Morgan fingerprint density at radius 1 is 1.39 bits per heavy atom. The molecule has 98 valence electrons. The van der Waals surface area contributed by atoms with Crippen LogP contribution in [0, 0.1) is 18.3 Å². The molecule has 4 rings (SSSR count). The van der Waals surface area contributed by atoms with Crippen LogP contribution in [0.1, 0.15) is 44.2 Å². The summed E-state index contributed by atoms with van der Waals surface area (Å²) in [5.41, 5.74) is 1.80. The van der Waals surface area contributed by atoms with E-state index in [0.717, 1.165) is 36.6 Å². The Hall–Kier alpha value is -1.32. The molecule has 1 N–H and O–H groups in total. The summed E-state index contributed by atoms with van der Waals surface area (Å²) in [6.45, 7) is 1.98. The van der Waals surface area contributed by atoms with Gasteiger partial charge in [-0.05, 0) is 51.4 Å². The van der Waals surface area contributed by atoms with Crippen LogP contribution in [0.4, 0.5) is 5.69 Å². The first-order chi connectivity index (χ1) is 8.61. The average molecular weight is 247 g/mol. The summed E-state index contributed by atoms with van der Waals surface area (Å²) >= 11 is 0. The Bertz CT molecular complexity index is 456. The summed E-state index contributed by atoms with van der Waals surface area (Å²) in [5.74, 6) is 1.11. The van der Waals surface area contributed by atoms with Crippen molar-refractivity contribution in [3.8, 4) is 0 Å². The highest BCUT2D eigenvalue weighted by molar-refractivity contribution is 5.95. The van der Waals surface area contributed by atoms with Crippen LogP contribution in [0.5, 0.6) is 0 Å². The molecule has 1 amide bonds. The van der Waals surface area contributed by atoms with Crippen LogP contribution in [-0.4, -0.2) is 15.7 Å². The number of nitrogens with one attached hydrogen (secondary N) is 1. The van der Waals surface area contributed by atoms with Gasteiger partial charge < -0.3 is 5.32 Å². The first-order valence-electron chi connectivity index (χ1n) is 6.91. The van der Waals surface area contributed by atoms with Crippen molar-refractivity contribution in [1.82, 2.24) is 9.78 Å². The van der Waals surface area contributed by atoms with Crippen molar-refractivity contribution in [2.24, 2.45) is 18.4 Å². The van der Waals surface area contributed by atoms with E-state index in [1.165, 1.54) is 19.3 Å². The zero-order valence-corrected chi connectivity index (χ0v) is 11.2. The minimum atomic E-state index is -0.0863. The smallest absolute Gasteiger partial charge is 0.230 e. The van der Waals surface area contributed by atoms with Crippen molar-refractivity contribution in [3.05, 3.63) is 11.9 Å². The molecular formula is C14H21N3O. The van der Waals surface area contributed by atoms with Gasteiger partial charge >= 0.3 is 0 Å². The average Bonchev–Trinajstić information content (AvgIpc) is 2.73. The van der Waals surface area contributed by atoms with Crippen LogP contribution in [0.2, 0.25) is 0 Å². The molecule has 0 atom stereocenters. The van der Waals surface area contributed by atoms with Crippen molar-refractivity contribution < 1.29 is 4.79 Å². The fourth-order valence-electron chi connectivity index (χ4n) is 3.47. The lowest BCUT2D eigenvalue weighted by Gasteiger charge is -2.45. The third kappa shape index (κ3) is 1.74. The van der Waals surface area contributed by atoms with Crippen molar-refractivity contribution >= 4 is 11.6 Å². The molecule has 0 aromatic carbocycles. The molecule has 18 heavy (non-hydrogen) atoms. The minimum absolute atomic E-state index is 0.0863. The molecule has 3 aliphatic rings. The number of hydrogen-bond acceptors (Lipinski definition) is 2. The second-order valence-electron chi connectivity index (χ2n) is 5.98. The monoisotopic (exact) mass is 247 g/mol. The van der Waals surface area contributed by atoms with Gasteiger partial charge in [0.1, 0.15) is 0 Å². The van der Waals surface area contributed by atoms with Crippen LogP contribution in [-0.2, 0) is 11.8 Å². The third-order valence-electron chi connectivity index (χ3n) is 5.06. The molecule has 0 unspecified atom stereocenters. The van der Waals surface area contributed by atoms with Gasteiger partial charge in [0.25, 0.3) is 0 Å². The maximum atomic E-state index is 12.6. The van der Waals surface area contributed by atoms with Gasteiger partial charge in [-0.2, -0.15) is 5.10 Å². The Kier molecular flexibility index (Phi) is 2.68. The van der Waals surface area contributed by atoms with Gasteiger partial charge in [0.15, 0.2) is 0 Å². The maximum absolute atomic E-state index is 12.6. The predicted molar refractivity (Wildman–Crippen MR) is 70.2 cm³/mol. The summed E-state index contributed by atoms with van der Waals surface area (Å²) in [4.78, 5) is 12.6. The van der Waals surface area contributed by atoms with E-state index in [9.17, 15) is 4.79 Å². The lowest BCUT2D eigenvalue weighted by molar-refractivity contribution is -0.131. The van der Waals surface area contributed by atoms with Crippen LogP contribution in [0.25, 0.3) is 0 Å². The fraction of sp³-hybridized carbons (Fsp3) is 0.714. The van der Waals surface area contributed by atoms with Crippen molar-refractivity contribution in [3.63, 3.8) is 0 Å². The molecule has 0 radical (unpaired) electrons. The zero-order valence-electron chi connectivity index (χ0n) is 11.2. The fourth-order valence-corrected chi connectivity index (χ4v) is 3.47. The highest BCUT2D eigenvalue weighted by Gasteiger charge is 2.45. The Balaban J connectivity index is 1.77. The summed E-state index contributed by atoms with van der Waals surface area (Å²) in [7, 11) is 1.90. The van der Waals surface area contributed by atoms with Crippen molar-refractivity contribution in [2.75, 3.05) is 5.32 Å². The molecule has 1 aromatic heterocycles. The molecule has 1 aromatic rings. The van der Waals surface area contributed by atoms with Crippen LogP contribution >= 0.6 is 0 Å². The lowest BCUT2D eigenvalue weighted by Crippen LogP contribution is -2.43. The largest absolute Gasteiger partial charge is 0.323 e. The topological polar surface area (TPSA) is 46.9 Å². The summed E-state index contributed by atoms with van der Waals surface area (Å²) < 4.78 is 1.80. The number of fused-ring (bicyclic) bond motifs is 3. The van der Waals surface area contributed by atoms with Gasteiger partial charge in [-0.3, -0.25) is 9.48 Å². The standard InChI is InChI=1S/C14H21N3O/c1-10-12(9-15-17(10)2)16-13(18)14-6-3-11(4-7-14)5-8-14/h9,11H,3-8H2,1-2H3,(H,16,18). The van der Waals surface area contributed by atoms with E-state index >= 15 is 0 Å². The summed E-state index contributed by atoms with van der Waals surface area (Å²) in [5, 5.41) is 7.27. The maximum Gasteiger partial charge on any atom is 0.230 e. The van der Waals surface area contributed by atoms with Gasteiger partial charge in [0.2, 0.25) is 5.91 Å². The van der Waals surface area contributed by atoms with E-state index in [0.29, 0.717) is 0 Å². The number of carbonyl (C=O) groups excluding carboxylic acids is 1. The Labute approximate surface area is 108 Å². The third-order valence-corrected chi connectivity index (χ3v) is 5.06. The van der Waals surface area contributed by atoms with E-state index in [1.807, 2.05) is 14.0 Å². The number of aromatic nitrogens is 2. The normalized spacial score (nSPS) is 30.4. The Morgan fingerprint density at radius 2 is 2.00 bits per heavy atom. The van der Waals surface area contributed by atoms with Gasteiger partial charge in [-0.15, -0.1) is 0 Å². The first kappa shape index (κ1) is 11.8. The first-order valence-corrected chi connectivity index (χ1v) is 6.91. The van der Waals surface area contributed by atoms with E-state index in [1.54, 1.807) is 10.9 Å². The van der Waals surface area contributed by atoms with Crippen molar-refractivity contribution in [2.45, 2.75) is 45.4 Å². The quantitative estimate of drug-likeness (QED) is 0.873. The molecule has 4 nitrogen and oxygen atoms in total. The number of amides is 1. The minimum Gasteiger partial charge on any atom is -0.323 e. The molecule has 0 spiro atoms. The molecule has 3 fully saturated rings. The number of carbonyl (C=O) groups is 1. The number of rotatable bonds is 2. The van der Waals surface area contributed by atoms with Crippen LogP contribution < -0.4 is 5.32 Å². The highest BCUT2D eigenvalue weighted by atomic mass is 16.2. The van der Waals surface area contributed by atoms with Crippen LogP contribution in [0.3, 0.4) is 0 Å². The molecule has 1 heterocycles. The molecule has 3 saturated carbocycles.